The normalized spacial score (nSPS) is 14.2. The van der Waals surface area contributed by atoms with E-state index < -0.39 is 0 Å². The van der Waals surface area contributed by atoms with Gasteiger partial charge in [-0.15, -0.1) is 0 Å². The van der Waals surface area contributed by atoms with Crippen LogP contribution in [0.3, 0.4) is 0 Å². The molecule has 0 atom stereocenters. The van der Waals surface area contributed by atoms with E-state index in [-0.39, 0.29) is 11.9 Å². The molecule has 0 aliphatic carbocycles. The van der Waals surface area contributed by atoms with Gasteiger partial charge in [0.05, 0.1) is 24.0 Å². The number of hydrogen-bond acceptors (Lipinski definition) is 4. The van der Waals surface area contributed by atoms with Gasteiger partial charge in [0.25, 0.3) is 0 Å². The van der Waals surface area contributed by atoms with E-state index in [1.807, 2.05) is 0 Å². The van der Waals surface area contributed by atoms with E-state index in [2.05, 4.69) is 15.4 Å². The number of fused-ring (bicyclic) bond motifs is 1. The molecule has 1 aromatic rings. The topological polar surface area (TPSA) is 67.4 Å². The first-order chi connectivity index (χ1) is 7.70. The molecule has 0 saturated carbocycles. The fraction of sp³-hybridized carbons (Fsp3) is 0.273. The molecule has 1 aliphatic rings. The molecule has 5 heteroatoms. The van der Waals surface area contributed by atoms with Gasteiger partial charge in [0.15, 0.2) is 0 Å². The van der Waals surface area contributed by atoms with Crippen molar-refractivity contribution < 1.29 is 14.3 Å². The second kappa shape index (κ2) is 4.22. The van der Waals surface area contributed by atoms with E-state index in [1.165, 1.54) is 7.11 Å². The highest BCUT2D eigenvalue weighted by Crippen LogP contribution is 2.25. The lowest BCUT2D eigenvalue weighted by Gasteiger charge is -2.08. The molecular weight excluding hydrogens is 208 g/mol. The summed E-state index contributed by atoms with van der Waals surface area (Å²) in [6.45, 7) is 0.559. The Hall–Kier alpha value is -2.04. The average molecular weight is 220 g/mol. The minimum Gasteiger partial charge on any atom is -0.465 e. The monoisotopic (exact) mass is 220 g/mol. The summed E-state index contributed by atoms with van der Waals surface area (Å²) >= 11 is 0. The van der Waals surface area contributed by atoms with Crippen molar-refractivity contribution in [1.29, 1.82) is 0 Å². The van der Waals surface area contributed by atoms with Gasteiger partial charge in [-0.25, -0.2) is 4.79 Å². The third-order valence-electron chi connectivity index (χ3n) is 2.38. The molecule has 0 unspecified atom stereocenters. The maximum Gasteiger partial charge on any atom is 0.337 e. The molecule has 5 nitrogen and oxygen atoms in total. The molecule has 1 amide bonds. The molecule has 0 spiro atoms. The van der Waals surface area contributed by atoms with Crippen molar-refractivity contribution in [3.8, 4) is 0 Å². The van der Waals surface area contributed by atoms with Crippen molar-refractivity contribution in [2.45, 2.75) is 6.42 Å². The second-order valence-electron chi connectivity index (χ2n) is 3.48. The highest BCUT2D eigenvalue weighted by Gasteiger charge is 2.14. The van der Waals surface area contributed by atoms with Crippen LogP contribution in [0.15, 0.2) is 18.2 Å². The first kappa shape index (κ1) is 10.5. The summed E-state index contributed by atoms with van der Waals surface area (Å²) in [6, 6.07) is 4.99. The molecule has 84 valence electrons. The van der Waals surface area contributed by atoms with Crippen LogP contribution in [0.5, 0.6) is 0 Å². The smallest absolute Gasteiger partial charge is 0.337 e. The molecule has 0 fully saturated rings. The zero-order chi connectivity index (χ0) is 11.5. The molecule has 1 aromatic carbocycles. The molecule has 2 N–H and O–H groups in total. The zero-order valence-electron chi connectivity index (χ0n) is 8.87. The molecule has 0 bridgehead atoms. The summed E-state index contributed by atoms with van der Waals surface area (Å²) in [5, 5.41) is 5.84. The van der Waals surface area contributed by atoms with Crippen molar-refractivity contribution in [2.24, 2.45) is 0 Å². The maximum atomic E-state index is 11.3. The summed E-state index contributed by atoms with van der Waals surface area (Å²) < 4.78 is 4.63. The van der Waals surface area contributed by atoms with Gasteiger partial charge in [0.1, 0.15) is 0 Å². The van der Waals surface area contributed by atoms with Gasteiger partial charge < -0.3 is 15.4 Å². The lowest BCUT2D eigenvalue weighted by Crippen LogP contribution is -2.10. The molecule has 0 aromatic heterocycles. The lowest BCUT2D eigenvalue weighted by molar-refractivity contribution is -0.115. The number of nitrogens with one attached hydrogen (secondary N) is 2. The maximum absolute atomic E-state index is 11.3. The lowest BCUT2D eigenvalue weighted by atomic mass is 10.1. The molecule has 1 aliphatic heterocycles. The summed E-state index contributed by atoms with van der Waals surface area (Å²) in [7, 11) is 1.34. The molecule has 16 heavy (non-hydrogen) atoms. The van der Waals surface area contributed by atoms with Gasteiger partial charge in [0, 0.05) is 13.0 Å². The highest BCUT2D eigenvalue weighted by molar-refractivity contribution is 5.98. The van der Waals surface area contributed by atoms with Gasteiger partial charge in [-0.2, -0.15) is 0 Å². The number of carbonyl (C=O) groups is 2. The van der Waals surface area contributed by atoms with Crippen molar-refractivity contribution in [3.05, 3.63) is 23.8 Å². The van der Waals surface area contributed by atoms with Gasteiger partial charge in [-0.1, -0.05) is 0 Å². The predicted molar refractivity (Wildman–Crippen MR) is 59.5 cm³/mol. The number of methoxy groups -OCH3 is 1. The number of carbonyl (C=O) groups excluding carboxylic acids is 2. The molecule has 0 radical (unpaired) electrons. The Morgan fingerprint density at radius 1 is 1.38 bits per heavy atom. The molecular formula is C11H12N2O3. The van der Waals surface area contributed by atoms with Gasteiger partial charge in [0.2, 0.25) is 5.91 Å². The number of benzene rings is 1. The minimum absolute atomic E-state index is 0.0305. The fourth-order valence-electron chi connectivity index (χ4n) is 1.57. The third-order valence-corrected chi connectivity index (χ3v) is 2.38. The predicted octanol–water partition coefficient (Wildman–Crippen LogP) is 1.23. The largest absolute Gasteiger partial charge is 0.465 e. The van der Waals surface area contributed by atoms with Gasteiger partial charge >= 0.3 is 5.97 Å². The van der Waals surface area contributed by atoms with Crippen molar-refractivity contribution in [3.63, 3.8) is 0 Å². The van der Waals surface area contributed by atoms with Crippen LogP contribution >= 0.6 is 0 Å². The Balaban J connectivity index is 2.35. The van der Waals surface area contributed by atoms with E-state index in [4.69, 9.17) is 0 Å². The summed E-state index contributed by atoms with van der Waals surface area (Å²) in [5.74, 6) is -0.419. The zero-order valence-corrected chi connectivity index (χ0v) is 8.87. The Bertz CT molecular complexity index is 443. The van der Waals surface area contributed by atoms with Crippen molar-refractivity contribution in [1.82, 2.24) is 0 Å². The van der Waals surface area contributed by atoms with Crippen LogP contribution in [-0.2, 0) is 9.53 Å². The van der Waals surface area contributed by atoms with Gasteiger partial charge in [-0.3, -0.25) is 4.79 Å². The third kappa shape index (κ3) is 1.98. The molecule has 1 heterocycles. The Morgan fingerprint density at radius 2 is 2.19 bits per heavy atom. The van der Waals surface area contributed by atoms with Crippen LogP contribution in [0.25, 0.3) is 0 Å². The van der Waals surface area contributed by atoms with E-state index in [0.29, 0.717) is 24.2 Å². The van der Waals surface area contributed by atoms with Gasteiger partial charge in [-0.05, 0) is 18.2 Å². The van der Waals surface area contributed by atoms with Crippen LogP contribution in [0.1, 0.15) is 16.8 Å². The van der Waals surface area contributed by atoms with Crippen molar-refractivity contribution >= 4 is 23.3 Å². The van der Waals surface area contributed by atoms with E-state index >= 15 is 0 Å². The SMILES string of the molecule is COC(=O)c1ccc2c(c1)NCCC(=O)N2. The fourth-order valence-corrected chi connectivity index (χ4v) is 1.57. The number of hydrogen-bond donors (Lipinski definition) is 2. The number of amides is 1. The molecule has 0 saturated heterocycles. The summed E-state index contributed by atoms with van der Waals surface area (Å²) in [6.07, 6.45) is 0.419. The summed E-state index contributed by atoms with van der Waals surface area (Å²) in [4.78, 5) is 22.6. The van der Waals surface area contributed by atoms with E-state index in [1.54, 1.807) is 18.2 Å². The Kier molecular flexibility index (Phi) is 2.76. The Labute approximate surface area is 92.8 Å². The number of esters is 1. The number of ether oxygens (including phenoxy) is 1. The van der Waals surface area contributed by atoms with Crippen LogP contribution in [0, 0.1) is 0 Å². The number of anilines is 2. The minimum atomic E-state index is -0.389. The molecule has 2 rings (SSSR count). The first-order valence-electron chi connectivity index (χ1n) is 4.97. The van der Waals surface area contributed by atoms with Crippen LogP contribution in [-0.4, -0.2) is 25.5 Å². The number of rotatable bonds is 1. The quantitative estimate of drug-likeness (QED) is 0.698. The van der Waals surface area contributed by atoms with E-state index in [9.17, 15) is 9.59 Å². The first-order valence-corrected chi connectivity index (χ1v) is 4.97. The van der Waals surface area contributed by atoms with Crippen LogP contribution in [0.2, 0.25) is 0 Å². The van der Waals surface area contributed by atoms with Crippen LogP contribution in [0.4, 0.5) is 11.4 Å². The summed E-state index contributed by atoms with van der Waals surface area (Å²) in [5.41, 5.74) is 1.90. The highest BCUT2D eigenvalue weighted by atomic mass is 16.5. The standard InChI is InChI=1S/C11H12N2O3/c1-16-11(15)7-2-3-8-9(6-7)12-5-4-10(14)13-8/h2-3,6,12H,4-5H2,1H3,(H,13,14). The van der Waals surface area contributed by atoms with Crippen molar-refractivity contribution in [2.75, 3.05) is 24.3 Å². The Morgan fingerprint density at radius 3 is 2.94 bits per heavy atom. The second-order valence-corrected chi connectivity index (χ2v) is 3.48. The average Bonchev–Trinajstić information content (AvgIpc) is 2.47. The van der Waals surface area contributed by atoms with Crippen LogP contribution < -0.4 is 10.6 Å². The van der Waals surface area contributed by atoms with E-state index in [0.717, 1.165) is 5.69 Å².